The molecule has 0 aliphatic rings. The van der Waals surface area contributed by atoms with Gasteiger partial charge >= 0.3 is 5.97 Å². The summed E-state index contributed by atoms with van der Waals surface area (Å²) in [6, 6.07) is 3.45. The van der Waals surface area contributed by atoms with Crippen LogP contribution in [0.25, 0.3) is 0 Å². The molecule has 1 aromatic carbocycles. The van der Waals surface area contributed by atoms with Gasteiger partial charge in [-0.3, -0.25) is 19.7 Å². The first-order valence-corrected chi connectivity index (χ1v) is 9.54. The van der Waals surface area contributed by atoms with E-state index in [0.717, 1.165) is 17.4 Å². The maximum Gasteiger partial charge on any atom is 0.341 e. The van der Waals surface area contributed by atoms with E-state index in [1.54, 1.807) is 20.8 Å². The highest BCUT2D eigenvalue weighted by molar-refractivity contribution is 7.18. The molecule has 29 heavy (non-hydrogen) atoms. The molecule has 11 heteroatoms. The average molecular weight is 440 g/mol. The van der Waals surface area contributed by atoms with Crippen molar-refractivity contribution in [3.8, 4) is 0 Å². The van der Waals surface area contributed by atoms with E-state index in [0.29, 0.717) is 5.56 Å². The topological polar surface area (TPSA) is 128 Å². The number of methoxy groups -OCH3 is 1. The Morgan fingerprint density at radius 1 is 1.24 bits per heavy atom. The number of carbonyl (C=O) groups excluding carboxylic acids is 3. The molecule has 2 aromatic rings. The number of thiophene rings is 1. The van der Waals surface area contributed by atoms with E-state index in [1.165, 1.54) is 19.2 Å². The van der Waals surface area contributed by atoms with Gasteiger partial charge in [-0.25, -0.2) is 4.79 Å². The molecule has 0 bridgehead atoms. The third-order valence-corrected chi connectivity index (χ3v) is 5.32. The SMILES string of the molecule is COC(=O)c1c(NC(=O)c2ccc(Cl)c([N+](=O)[O-])c2)sc(C(=O)NC(C)C)c1C. The van der Waals surface area contributed by atoms with Crippen molar-refractivity contribution >= 4 is 51.4 Å². The van der Waals surface area contributed by atoms with Crippen molar-refractivity contribution in [3.05, 3.63) is 54.9 Å². The molecule has 0 saturated carbocycles. The summed E-state index contributed by atoms with van der Waals surface area (Å²) in [6.45, 7) is 5.15. The van der Waals surface area contributed by atoms with Crippen LogP contribution in [-0.2, 0) is 4.74 Å². The summed E-state index contributed by atoms with van der Waals surface area (Å²) in [6.07, 6.45) is 0. The van der Waals surface area contributed by atoms with Gasteiger partial charge in [-0.2, -0.15) is 0 Å². The monoisotopic (exact) mass is 439 g/mol. The molecule has 2 rings (SSSR count). The Balaban J connectivity index is 2.44. The summed E-state index contributed by atoms with van der Waals surface area (Å²) >= 11 is 6.68. The second-order valence-corrected chi connectivity index (χ2v) is 7.69. The van der Waals surface area contributed by atoms with E-state index in [2.05, 4.69) is 10.6 Å². The Kier molecular flexibility index (Phi) is 6.93. The van der Waals surface area contributed by atoms with Crippen LogP contribution in [0.5, 0.6) is 0 Å². The first kappa shape index (κ1) is 22.3. The van der Waals surface area contributed by atoms with Gasteiger partial charge in [0, 0.05) is 17.7 Å². The standard InChI is InChI=1S/C18H18ClN3O6S/c1-8(2)20-16(24)14-9(3)13(18(25)28-4)17(29-14)21-15(23)10-5-6-11(19)12(7-10)22(26)27/h5-8H,1-4H3,(H,20,24)(H,21,23). The normalized spacial score (nSPS) is 10.6. The molecule has 0 radical (unpaired) electrons. The quantitative estimate of drug-likeness (QED) is 0.400. The van der Waals surface area contributed by atoms with E-state index in [1.807, 2.05) is 0 Å². The number of amides is 2. The first-order valence-electron chi connectivity index (χ1n) is 8.34. The number of anilines is 1. The number of hydrogen-bond acceptors (Lipinski definition) is 7. The minimum Gasteiger partial charge on any atom is -0.465 e. The van der Waals surface area contributed by atoms with Gasteiger partial charge in [-0.05, 0) is 38.5 Å². The summed E-state index contributed by atoms with van der Waals surface area (Å²) in [7, 11) is 1.18. The van der Waals surface area contributed by atoms with Crippen molar-refractivity contribution in [1.82, 2.24) is 5.32 Å². The van der Waals surface area contributed by atoms with Crippen molar-refractivity contribution in [1.29, 1.82) is 0 Å². The largest absolute Gasteiger partial charge is 0.465 e. The number of nitrogens with one attached hydrogen (secondary N) is 2. The fourth-order valence-corrected chi connectivity index (χ4v) is 3.74. The molecule has 9 nitrogen and oxygen atoms in total. The summed E-state index contributed by atoms with van der Waals surface area (Å²) in [5, 5.41) is 16.3. The van der Waals surface area contributed by atoms with E-state index in [-0.39, 0.29) is 32.1 Å². The van der Waals surface area contributed by atoms with Crippen LogP contribution in [0, 0.1) is 17.0 Å². The zero-order valence-electron chi connectivity index (χ0n) is 16.0. The Hall–Kier alpha value is -2.98. The number of ether oxygens (including phenoxy) is 1. The number of hydrogen-bond donors (Lipinski definition) is 2. The molecule has 1 heterocycles. The maximum absolute atomic E-state index is 12.6. The van der Waals surface area contributed by atoms with Gasteiger partial charge in [-0.15, -0.1) is 11.3 Å². The van der Waals surface area contributed by atoms with Crippen LogP contribution in [0.1, 0.15) is 49.8 Å². The molecule has 0 atom stereocenters. The second kappa shape index (κ2) is 9.01. The van der Waals surface area contributed by atoms with Crippen molar-refractivity contribution in [2.75, 3.05) is 12.4 Å². The van der Waals surface area contributed by atoms with E-state index >= 15 is 0 Å². The molecule has 2 N–H and O–H groups in total. The van der Waals surface area contributed by atoms with Crippen LogP contribution in [0.2, 0.25) is 5.02 Å². The fraction of sp³-hybridized carbons (Fsp3) is 0.278. The smallest absolute Gasteiger partial charge is 0.341 e. The van der Waals surface area contributed by atoms with Crippen LogP contribution in [-0.4, -0.2) is 35.9 Å². The molecule has 0 aliphatic heterocycles. The van der Waals surface area contributed by atoms with Crippen molar-refractivity contribution in [2.24, 2.45) is 0 Å². The van der Waals surface area contributed by atoms with Gasteiger partial charge in [0.15, 0.2) is 0 Å². The summed E-state index contributed by atoms with van der Waals surface area (Å²) in [5.41, 5.74) is -0.0522. The third-order valence-electron chi connectivity index (χ3n) is 3.79. The number of rotatable bonds is 6. The Morgan fingerprint density at radius 3 is 2.45 bits per heavy atom. The zero-order chi connectivity index (χ0) is 21.9. The number of nitrogens with zero attached hydrogens (tertiary/aromatic N) is 1. The summed E-state index contributed by atoms with van der Waals surface area (Å²) in [5.74, 6) is -1.82. The molecular weight excluding hydrogens is 422 g/mol. The minimum absolute atomic E-state index is 0.0313. The molecule has 1 aromatic heterocycles. The lowest BCUT2D eigenvalue weighted by atomic mass is 10.1. The van der Waals surface area contributed by atoms with Gasteiger partial charge in [-0.1, -0.05) is 11.6 Å². The van der Waals surface area contributed by atoms with Gasteiger partial charge in [0.2, 0.25) is 0 Å². The molecule has 154 valence electrons. The van der Waals surface area contributed by atoms with Gasteiger partial charge in [0.1, 0.15) is 10.0 Å². The predicted molar refractivity (Wildman–Crippen MR) is 109 cm³/mol. The van der Waals surface area contributed by atoms with Crippen LogP contribution in [0.15, 0.2) is 18.2 Å². The number of esters is 1. The van der Waals surface area contributed by atoms with Crippen LogP contribution in [0.3, 0.4) is 0 Å². The Labute approximate surface area is 175 Å². The highest BCUT2D eigenvalue weighted by Crippen LogP contribution is 2.34. The molecule has 0 fully saturated rings. The number of carbonyl (C=O) groups is 3. The minimum atomic E-state index is -0.722. The van der Waals surface area contributed by atoms with E-state index < -0.39 is 28.4 Å². The van der Waals surface area contributed by atoms with Crippen LogP contribution >= 0.6 is 22.9 Å². The van der Waals surface area contributed by atoms with Crippen molar-refractivity contribution in [2.45, 2.75) is 26.8 Å². The predicted octanol–water partition coefficient (Wildman–Crippen LogP) is 3.80. The van der Waals surface area contributed by atoms with E-state index in [4.69, 9.17) is 16.3 Å². The molecule has 0 aliphatic carbocycles. The number of benzene rings is 1. The zero-order valence-corrected chi connectivity index (χ0v) is 17.6. The lowest BCUT2D eigenvalue weighted by molar-refractivity contribution is -0.384. The maximum atomic E-state index is 12.6. The van der Waals surface area contributed by atoms with Crippen LogP contribution < -0.4 is 10.6 Å². The van der Waals surface area contributed by atoms with Gasteiger partial charge < -0.3 is 15.4 Å². The summed E-state index contributed by atoms with van der Waals surface area (Å²) in [4.78, 5) is 47.8. The van der Waals surface area contributed by atoms with Gasteiger partial charge in [0.05, 0.1) is 22.5 Å². The first-order chi connectivity index (χ1) is 13.6. The van der Waals surface area contributed by atoms with Gasteiger partial charge in [0.25, 0.3) is 17.5 Å². The number of nitro benzene ring substituents is 1. The number of halogens is 1. The highest BCUT2D eigenvalue weighted by atomic mass is 35.5. The average Bonchev–Trinajstić information content (AvgIpc) is 2.96. The Morgan fingerprint density at radius 2 is 1.90 bits per heavy atom. The van der Waals surface area contributed by atoms with E-state index in [9.17, 15) is 24.5 Å². The molecule has 0 unspecified atom stereocenters. The fourth-order valence-electron chi connectivity index (χ4n) is 2.46. The lowest BCUT2D eigenvalue weighted by Gasteiger charge is -2.07. The molecule has 0 spiro atoms. The second-order valence-electron chi connectivity index (χ2n) is 6.26. The summed E-state index contributed by atoms with van der Waals surface area (Å²) < 4.78 is 4.76. The molecule has 0 saturated heterocycles. The molecular formula is C18H18ClN3O6S. The number of nitro groups is 1. The Bertz CT molecular complexity index is 1000. The highest BCUT2D eigenvalue weighted by Gasteiger charge is 2.27. The van der Waals surface area contributed by atoms with Crippen molar-refractivity contribution < 1.29 is 24.0 Å². The third kappa shape index (κ3) is 4.90. The lowest BCUT2D eigenvalue weighted by Crippen LogP contribution is -2.29. The van der Waals surface area contributed by atoms with Crippen LogP contribution in [0.4, 0.5) is 10.7 Å². The molecule has 2 amide bonds. The van der Waals surface area contributed by atoms with Crippen molar-refractivity contribution in [3.63, 3.8) is 0 Å².